The van der Waals surface area contributed by atoms with Crippen LogP contribution < -0.4 is 4.90 Å². The number of aromatic nitrogens is 2. The van der Waals surface area contributed by atoms with E-state index in [-0.39, 0.29) is 0 Å². The molecule has 4 heteroatoms. The average Bonchev–Trinajstić information content (AvgIpc) is 2.57. The Bertz CT molecular complexity index is 621. The van der Waals surface area contributed by atoms with E-state index in [1.54, 1.807) is 0 Å². The summed E-state index contributed by atoms with van der Waals surface area (Å²) in [7, 11) is 0. The van der Waals surface area contributed by atoms with Gasteiger partial charge in [0.2, 0.25) is 0 Å². The fraction of sp³-hybridized carbons (Fsp3) is 0. The molecule has 17 heavy (non-hydrogen) atoms. The zero-order valence-corrected chi connectivity index (χ0v) is 9.72. The first-order valence-electron chi connectivity index (χ1n) is 5.28. The van der Waals surface area contributed by atoms with Gasteiger partial charge in [0.05, 0.1) is 5.52 Å². The monoisotopic (exact) mass is 243 g/mol. The number of hydrogen-bond acceptors (Lipinski definition) is 2. The Morgan fingerprint density at radius 3 is 2.59 bits per heavy atom. The van der Waals surface area contributed by atoms with Gasteiger partial charge in [-0.3, -0.25) is 5.10 Å². The highest BCUT2D eigenvalue weighted by atomic mass is 35.5. The second-order valence-corrected chi connectivity index (χ2v) is 4.15. The fourth-order valence-electron chi connectivity index (χ4n) is 1.78. The van der Waals surface area contributed by atoms with Gasteiger partial charge in [-0.25, -0.2) is 0 Å². The topological polar surface area (TPSA) is 31.9 Å². The number of nitrogens with zero attached hydrogens (tertiary/aromatic N) is 2. The van der Waals surface area contributed by atoms with Crippen molar-refractivity contribution in [3.8, 4) is 0 Å². The summed E-state index contributed by atoms with van der Waals surface area (Å²) in [5.74, 6) is 0.868. The van der Waals surface area contributed by atoms with E-state index < -0.39 is 0 Å². The van der Waals surface area contributed by atoms with E-state index >= 15 is 0 Å². The van der Waals surface area contributed by atoms with Crippen molar-refractivity contribution < 1.29 is 0 Å². The molecule has 0 atom stereocenters. The van der Waals surface area contributed by atoms with Crippen molar-refractivity contribution >= 4 is 28.3 Å². The van der Waals surface area contributed by atoms with Crippen molar-refractivity contribution in [3.05, 3.63) is 59.9 Å². The van der Waals surface area contributed by atoms with Gasteiger partial charge < -0.3 is 4.90 Å². The summed E-state index contributed by atoms with van der Waals surface area (Å²) in [6.45, 7) is 0. The lowest BCUT2D eigenvalue weighted by atomic mass is 10.2. The second kappa shape index (κ2) is 4.11. The average molecular weight is 244 g/mol. The normalized spacial score (nSPS) is 14.5. The quantitative estimate of drug-likeness (QED) is 0.830. The van der Waals surface area contributed by atoms with Gasteiger partial charge in [0, 0.05) is 22.8 Å². The van der Waals surface area contributed by atoms with Crippen LogP contribution in [0.4, 0.5) is 5.82 Å². The maximum absolute atomic E-state index is 5.94. The molecular formula is C13H10ClN3. The second-order valence-electron chi connectivity index (χ2n) is 3.71. The van der Waals surface area contributed by atoms with Crippen LogP contribution >= 0.6 is 11.6 Å². The summed E-state index contributed by atoms with van der Waals surface area (Å²) < 4.78 is 0. The molecule has 0 saturated carbocycles. The van der Waals surface area contributed by atoms with Crippen LogP contribution in [0.1, 0.15) is 0 Å². The molecule has 0 amide bonds. The van der Waals surface area contributed by atoms with Gasteiger partial charge in [-0.1, -0.05) is 23.8 Å². The predicted octanol–water partition coefficient (Wildman–Crippen LogP) is 3.62. The van der Waals surface area contributed by atoms with Gasteiger partial charge in [0.25, 0.3) is 0 Å². The Morgan fingerprint density at radius 2 is 1.82 bits per heavy atom. The van der Waals surface area contributed by atoms with E-state index in [9.17, 15) is 0 Å². The van der Waals surface area contributed by atoms with Crippen molar-refractivity contribution in [1.29, 1.82) is 0 Å². The van der Waals surface area contributed by atoms with Crippen molar-refractivity contribution in [2.24, 2.45) is 0 Å². The number of anilines is 1. The van der Waals surface area contributed by atoms with Crippen molar-refractivity contribution in [2.45, 2.75) is 0 Å². The SMILES string of the molecule is Clc1ccc2c(N3C=CC=CC=C3)n[nH]c2c1. The van der Waals surface area contributed by atoms with E-state index in [2.05, 4.69) is 10.2 Å². The van der Waals surface area contributed by atoms with Crippen LogP contribution in [0, 0.1) is 0 Å². The maximum Gasteiger partial charge on any atom is 0.166 e. The van der Waals surface area contributed by atoms with Gasteiger partial charge in [0.1, 0.15) is 0 Å². The number of hydrogen-bond donors (Lipinski definition) is 1. The predicted molar refractivity (Wildman–Crippen MR) is 71.0 cm³/mol. The Morgan fingerprint density at radius 1 is 1.06 bits per heavy atom. The number of halogens is 1. The highest BCUT2D eigenvalue weighted by Gasteiger charge is 2.10. The van der Waals surface area contributed by atoms with E-state index in [0.29, 0.717) is 5.02 Å². The molecule has 1 N–H and O–H groups in total. The van der Waals surface area contributed by atoms with Gasteiger partial charge in [-0.2, -0.15) is 5.10 Å². The van der Waals surface area contributed by atoms with Crippen LogP contribution in [0.25, 0.3) is 10.9 Å². The molecule has 0 bridgehead atoms. The largest absolute Gasteiger partial charge is 0.307 e. The van der Waals surface area contributed by atoms with E-state index in [4.69, 9.17) is 11.6 Å². The molecule has 1 aliphatic heterocycles. The highest BCUT2D eigenvalue weighted by molar-refractivity contribution is 6.31. The summed E-state index contributed by atoms with van der Waals surface area (Å²) in [5.41, 5.74) is 0.937. The van der Waals surface area contributed by atoms with Gasteiger partial charge in [0.15, 0.2) is 5.82 Å². The third-order valence-corrected chi connectivity index (χ3v) is 2.81. The number of nitrogens with one attached hydrogen (secondary N) is 1. The molecule has 1 aromatic carbocycles. The third-order valence-electron chi connectivity index (χ3n) is 2.58. The zero-order valence-electron chi connectivity index (χ0n) is 8.97. The minimum Gasteiger partial charge on any atom is -0.307 e. The highest BCUT2D eigenvalue weighted by Crippen LogP contribution is 2.27. The lowest BCUT2D eigenvalue weighted by molar-refractivity contribution is 1.08. The standard InChI is InChI=1S/C13H10ClN3/c14-10-5-6-11-12(9-10)15-16-13(11)17-7-3-1-2-4-8-17/h1-9H,(H,15,16). The summed E-state index contributed by atoms with van der Waals surface area (Å²) in [4.78, 5) is 1.97. The molecule has 1 aliphatic rings. The first-order valence-corrected chi connectivity index (χ1v) is 5.66. The molecule has 0 unspecified atom stereocenters. The lowest BCUT2D eigenvalue weighted by Crippen LogP contribution is -2.06. The molecule has 0 radical (unpaired) electrons. The molecule has 84 valence electrons. The summed E-state index contributed by atoms with van der Waals surface area (Å²) in [6, 6.07) is 5.71. The Hall–Kier alpha value is -2.00. The van der Waals surface area contributed by atoms with E-state index in [0.717, 1.165) is 16.7 Å². The van der Waals surface area contributed by atoms with E-state index in [1.807, 2.05) is 59.8 Å². The smallest absolute Gasteiger partial charge is 0.166 e. The third kappa shape index (κ3) is 1.85. The van der Waals surface area contributed by atoms with Crippen molar-refractivity contribution in [2.75, 3.05) is 4.90 Å². The van der Waals surface area contributed by atoms with Gasteiger partial charge in [-0.05, 0) is 30.4 Å². The molecule has 2 aromatic rings. The fourth-order valence-corrected chi connectivity index (χ4v) is 1.95. The number of H-pyrrole nitrogens is 1. The van der Waals surface area contributed by atoms with Crippen LogP contribution in [0.15, 0.2) is 54.9 Å². The molecule has 0 spiro atoms. The number of rotatable bonds is 1. The van der Waals surface area contributed by atoms with Crippen LogP contribution in [0.3, 0.4) is 0 Å². The molecule has 0 aliphatic carbocycles. The first kappa shape index (κ1) is 10.2. The molecule has 0 fully saturated rings. The van der Waals surface area contributed by atoms with Crippen molar-refractivity contribution in [1.82, 2.24) is 10.2 Å². The van der Waals surface area contributed by atoms with Gasteiger partial charge >= 0.3 is 0 Å². The Kier molecular flexibility index (Phi) is 2.46. The van der Waals surface area contributed by atoms with E-state index in [1.165, 1.54) is 0 Å². The molecule has 3 rings (SSSR count). The van der Waals surface area contributed by atoms with Crippen LogP contribution in [0.2, 0.25) is 5.02 Å². The lowest BCUT2D eigenvalue weighted by Gasteiger charge is -2.11. The summed E-state index contributed by atoms with van der Waals surface area (Å²) in [6.07, 6.45) is 11.8. The Balaban J connectivity index is 2.12. The van der Waals surface area contributed by atoms with Gasteiger partial charge in [-0.15, -0.1) is 0 Å². The minimum absolute atomic E-state index is 0.705. The number of fused-ring (bicyclic) bond motifs is 1. The first-order chi connectivity index (χ1) is 8.34. The summed E-state index contributed by atoms with van der Waals surface area (Å²) in [5, 5.41) is 9.05. The van der Waals surface area contributed by atoms with Crippen LogP contribution in [0.5, 0.6) is 0 Å². The van der Waals surface area contributed by atoms with Crippen molar-refractivity contribution in [3.63, 3.8) is 0 Å². The molecule has 3 nitrogen and oxygen atoms in total. The molecule has 0 saturated heterocycles. The summed E-state index contributed by atoms with van der Waals surface area (Å²) >= 11 is 5.94. The van der Waals surface area contributed by atoms with Crippen LogP contribution in [-0.2, 0) is 0 Å². The Labute approximate surface area is 104 Å². The minimum atomic E-state index is 0.705. The van der Waals surface area contributed by atoms with Crippen LogP contribution in [-0.4, -0.2) is 10.2 Å². The number of allylic oxidation sites excluding steroid dienone is 4. The molecule has 2 heterocycles. The number of aromatic amines is 1. The molecular weight excluding hydrogens is 234 g/mol. The maximum atomic E-state index is 5.94. The zero-order chi connectivity index (χ0) is 11.7. The molecule has 1 aromatic heterocycles. The number of benzene rings is 1.